The second kappa shape index (κ2) is 25.4. The van der Waals surface area contributed by atoms with Crippen LogP contribution in [0.2, 0.25) is 0 Å². The molecule has 4 rings (SSSR count). The Kier molecular flexibility index (Phi) is 24.7. The zero-order chi connectivity index (χ0) is 39.3. The zero-order valence-electron chi connectivity index (χ0n) is 32.4. The van der Waals surface area contributed by atoms with Gasteiger partial charge in [-0.15, -0.1) is 5.60 Å². The second-order valence-electron chi connectivity index (χ2n) is 14.0. The summed E-state index contributed by atoms with van der Waals surface area (Å²) in [6.45, 7) is 20.3. The molecule has 13 nitrogen and oxygen atoms in total. The summed E-state index contributed by atoms with van der Waals surface area (Å²) in [6.07, 6.45) is 5.51. The first-order chi connectivity index (χ1) is 23.7. The van der Waals surface area contributed by atoms with Crippen LogP contribution in [-0.2, 0) is 48.0 Å². The van der Waals surface area contributed by atoms with Crippen molar-refractivity contribution in [2.75, 3.05) is 13.1 Å². The first kappa shape index (κ1) is 50.5. The number of aromatic nitrogens is 2. The predicted molar refractivity (Wildman–Crippen MR) is 192 cm³/mol. The Labute approximate surface area is 349 Å². The van der Waals surface area contributed by atoms with Gasteiger partial charge in [0.05, 0.1) is 0 Å². The summed E-state index contributed by atoms with van der Waals surface area (Å²) in [5, 5.41) is 18.1. The fraction of sp³-hybridized carbons (Fsp3) is 0.474. The number of amides is 2. The van der Waals surface area contributed by atoms with E-state index in [0.29, 0.717) is 13.1 Å². The Morgan fingerprint density at radius 2 is 1.13 bits per heavy atom. The van der Waals surface area contributed by atoms with Gasteiger partial charge in [-0.05, 0) is 84.6 Å². The minimum Gasteiger partial charge on any atom is -0.850 e. The van der Waals surface area contributed by atoms with Crippen molar-refractivity contribution in [2.45, 2.75) is 105 Å². The summed E-state index contributed by atoms with van der Waals surface area (Å²) in [5.41, 5.74) is 3.16. The van der Waals surface area contributed by atoms with Crippen molar-refractivity contribution >= 4 is 46.3 Å². The molecular weight excluding hydrogens is 696 g/mol. The smallest absolute Gasteiger partial charge is 0.850 e. The van der Waals surface area contributed by atoms with Crippen LogP contribution in [0.3, 0.4) is 0 Å². The largest absolute Gasteiger partial charge is 1.00 e. The number of fused-ring (bicyclic) bond motifs is 2. The summed E-state index contributed by atoms with van der Waals surface area (Å²) in [7, 11) is 0. The van der Waals surface area contributed by atoms with Gasteiger partial charge in [-0.2, -0.15) is 19.2 Å². The molecule has 14 heteroatoms. The third kappa shape index (κ3) is 23.8. The number of alkyl carbamates (subject to hydrolysis) is 2. The molecule has 0 radical (unpaired) electrons. The van der Waals surface area contributed by atoms with Crippen molar-refractivity contribution in [2.24, 2.45) is 0 Å². The number of nitrogens with zero attached hydrogens (tertiary/aromatic N) is 1. The standard InChI is InChI=1S/C17H24N2O2.C15H20N2O2.C4H9O.2CO2.K/c1-5-19-12-13(14-8-6-7-9-15(14)19)10-11-18-16(20)21-17(2,3)4;1-15(2,3)19-14(18)16-9-8-11-10-17-13-7-5-4-6-12(11)13;1-4(2,3)5;2*2-1-3;/h6-9,12H,5,10-11H2,1-4H3,(H,18,20);4-7,10,17H,8-9H2,1-3H3,(H,16,18);1-3H3;;;/q;;-1;;;+1. The fourth-order valence-electron chi connectivity index (χ4n) is 4.35. The Bertz CT molecular complexity index is 1680. The molecule has 0 bridgehead atoms. The topological polar surface area (TPSA) is 189 Å². The Hall–Kier alpha value is -3.58. The molecule has 0 aliphatic rings. The predicted octanol–water partition coefficient (Wildman–Crippen LogP) is 2.95. The number of aromatic amines is 1. The van der Waals surface area contributed by atoms with Gasteiger partial charge in [0.2, 0.25) is 0 Å². The zero-order valence-corrected chi connectivity index (χ0v) is 35.6. The summed E-state index contributed by atoms with van der Waals surface area (Å²) < 4.78 is 12.7. The van der Waals surface area contributed by atoms with E-state index in [1.807, 2.05) is 72.0 Å². The third-order valence-corrected chi connectivity index (χ3v) is 6.01. The van der Waals surface area contributed by atoms with Gasteiger partial charge in [0.15, 0.2) is 0 Å². The molecule has 4 aromatic rings. The van der Waals surface area contributed by atoms with Gasteiger partial charge in [0, 0.05) is 53.8 Å². The van der Waals surface area contributed by atoms with Crippen molar-refractivity contribution in [1.82, 2.24) is 20.2 Å². The molecule has 52 heavy (non-hydrogen) atoms. The first-order valence-corrected chi connectivity index (χ1v) is 16.4. The molecule has 0 atom stereocenters. The molecule has 0 saturated carbocycles. The number of ether oxygens (including phenoxy) is 2. The van der Waals surface area contributed by atoms with Crippen molar-refractivity contribution in [3.05, 3.63) is 72.1 Å². The van der Waals surface area contributed by atoms with E-state index in [4.69, 9.17) is 28.7 Å². The van der Waals surface area contributed by atoms with Crippen molar-refractivity contribution in [1.29, 1.82) is 0 Å². The SMILES string of the molecule is CC(C)(C)OC(=O)NCCc1c[nH]c2ccccc12.CC(C)(C)[O-].CCn1cc(CCNC(=O)OC(C)(C)C)c2ccccc21.O=C=O.O=C=O.[K+]. The van der Waals surface area contributed by atoms with Gasteiger partial charge >= 0.3 is 75.9 Å². The summed E-state index contributed by atoms with van der Waals surface area (Å²) in [4.78, 5) is 58.9. The van der Waals surface area contributed by atoms with Crippen LogP contribution in [0.25, 0.3) is 21.8 Å². The van der Waals surface area contributed by atoms with E-state index in [1.165, 1.54) is 27.4 Å². The second-order valence-corrected chi connectivity index (χ2v) is 14.0. The van der Waals surface area contributed by atoms with E-state index in [0.717, 1.165) is 24.9 Å². The number of para-hydroxylation sites is 2. The van der Waals surface area contributed by atoms with Crippen LogP contribution < -0.4 is 67.1 Å². The Morgan fingerprint density at radius 1 is 0.731 bits per heavy atom. The maximum atomic E-state index is 11.6. The maximum absolute atomic E-state index is 11.6. The maximum Gasteiger partial charge on any atom is 1.00 e. The number of carbonyl (C=O) groups is 2. The molecule has 0 aliphatic heterocycles. The number of carbonyl (C=O) groups excluding carboxylic acids is 6. The summed E-state index contributed by atoms with van der Waals surface area (Å²) in [6, 6.07) is 16.5. The minimum atomic E-state index is -0.750. The molecule has 0 spiro atoms. The average molecular weight is 749 g/mol. The minimum absolute atomic E-state index is 0. The molecule has 3 N–H and O–H groups in total. The number of nitrogens with one attached hydrogen (secondary N) is 3. The first-order valence-electron chi connectivity index (χ1n) is 16.4. The van der Waals surface area contributed by atoms with E-state index >= 15 is 0 Å². The summed E-state index contributed by atoms with van der Waals surface area (Å²) >= 11 is 0. The van der Waals surface area contributed by atoms with Gasteiger partial charge in [0.25, 0.3) is 0 Å². The van der Waals surface area contributed by atoms with Crippen LogP contribution in [0, 0.1) is 0 Å². The molecule has 0 aliphatic carbocycles. The van der Waals surface area contributed by atoms with Gasteiger partial charge in [0.1, 0.15) is 11.2 Å². The number of aryl methyl sites for hydroxylation is 1. The van der Waals surface area contributed by atoms with Gasteiger partial charge in [-0.1, -0.05) is 57.2 Å². The van der Waals surface area contributed by atoms with Crippen LogP contribution in [-0.4, -0.2) is 63.9 Å². The van der Waals surface area contributed by atoms with Crippen molar-refractivity contribution in [3.63, 3.8) is 0 Å². The Morgan fingerprint density at radius 3 is 1.58 bits per heavy atom. The molecule has 2 amide bonds. The number of rotatable bonds is 7. The molecule has 0 fully saturated rings. The summed E-state index contributed by atoms with van der Waals surface area (Å²) in [5.74, 6) is 0. The Balaban J connectivity index is 0. The van der Waals surface area contributed by atoms with Crippen molar-refractivity contribution < 1.29 is 94.7 Å². The van der Waals surface area contributed by atoms with E-state index in [2.05, 4.69) is 57.6 Å². The third-order valence-electron chi connectivity index (χ3n) is 6.01. The quantitative estimate of drug-likeness (QED) is 0.239. The molecule has 2 aromatic heterocycles. The average Bonchev–Trinajstić information content (AvgIpc) is 3.57. The number of hydrogen-bond donors (Lipinski definition) is 3. The van der Waals surface area contributed by atoms with E-state index in [-0.39, 0.29) is 75.9 Å². The fourth-order valence-corrected chi connectivity index (χ4v) is 4.35. The van der Waals surface area contributed by atoms with Crippen molar-refractivity contribution in [3.8, 4) is 0 Å². The van der Waals surface area contributed by atoms with Gasteiger partial charge in [-0.25, -0.2) is 9.59 Å². The van der Waals surface area contributed by atoms with Gasteiger partial charge in [-0.3, -0.25) is 0 Å². The van der Waals surface area contributed by atoms with Crippen LogP contribution >= 0.6 is 0 Å². The van der Waals surface area contributed by atoms with Crippen LogP contribution in [0.5, 0.6) is 0 Å². The molecule has 2 aromatic carbocycles. The van der Waals surface area contributed by atoms with Crippen LogP contribution in [0.4, 0.5) is 9.59 Å². The molecular formula is C38H53KN4O9. The monoisotopic (exact) mass is 748 g/mol. The van der Waals surface area contributed by atoms with Crippen LogP contribution in [0.1, 0.15) is 80.4 Å². The normalized spacial score (nSPS) is 10.4. The van der Waals surface area contributed by atoms with Crippen LogP contribution in [0.15, 0.2) is 60.9 Å². The molecule has 2 heterocycles. The molecule has 0 saturated heterocycles. The van der Waals surface area contributed by atoms with E-state index in [1.54, 1.807) is 20.8 Å². The van der Waals surface area contributed by atoms with E-state index < -0.39 is 16.8 Å². The number of hydrogen-bond acceptors (Lipinski definition) is 9. The number of H-pyrrole nitrogens is 1. The van der Waals surface area contributed by atoms with Gasteiger partial charge < -0.3 is 34.8 Å². The number of benzene rings is 2. The van der Waals surface area contributed by atoms with E-state index in [9.17, 15) is 14.7 Å². The molecule has 0 unspecified atom stereocenters. The molecule has 280 valence electrons.